The number of likely N-dealkylation sites (N-methyl/N-ethyl adjacent to an activating group) is 1. The van der Waals surface area contributed by atoms with Gasteiger partial charge in [0.25, 0.3) is 0 Å². The molecule has 0 aromatic carbocycles. The molecule has 52 heavy (non-hydrogen) atoms. The first-order valence-electron chi connectivity index (χ1n) is 20.0. The van der Waals surface area contributed by atoms with E-state index in [0.717, 1.165) is 83.5 Å². The van der Waals surface area contributed by atoms with Gasteiger partial charge in [-0.25, -0.2) is 4.79 Å². The zero-order valence-corrected chi connectivity index (χ0v) is 33.5. The minimum Gasteiger partial charge on any atom is -0.477 e. The Kier molecular flexibility index (Phi) is 32.7. The fraction of sp³-hybridized carbons (Fsp3) is 0.659. The van der Waals surface area contributed by atoms with Gasteiger partial charge in [-0.3, -0.25) is 9.59 Å². The maximum absolute atomic E-state index is 12.7. The molecule has 0 aromatic rings. The number of ether oxygens (including phenoxy) is 3. The van der Waals surface area contributed by atoms with Crippen LogP contribution in [0.3, 0.4) is 0 Å². The second kappa shape index (κ2) is 34.8. The molecule has 0 saturated carbocycles. The van der Waals surface area contributed by atoms with Crippen molar-refractivity contribution in [3.63, 3.8) is 0 Å². The highest BCUT2D eigenvalue weighted by molar-refractivity contribution is 5.72. The van der Waals surface area contributed by atoms with Crippen LogP contribution in [-0.4, -0.2) is 80.6 Å². The molecule has 2 unspecified atom stereocenters. The lowest BCUT2D eigenvalue weighted by molar-refractivity contribution is -0.887. The van der Waals surface area contributed by atoms with Gasteiger partial charge < -0.3 is 23.8 Å². The summed E-state index contributed by atoms with van der Waals surface area (Å²) in [5.41, 5.74) is 0. The van der Waals surface area contributed by atoms with Crippen LogP contribution >= 0.6 is 0 Å². The highest BCUT2D eigenvalue weighted by Crippen LogP contribution is 2.13. The quantitative estimate of drug-likeness (QED) is 0.0305. The van der Waals surface area contributed by atoms with Gasteiger partial charge in [-0.2, -0.15) is 0 Å². The van der Waals surface area contributed by atoms with Gasteiger partial charge in [0, 0.05) is 19.3 Å². The molecule has 0 aromatic heterocycles. The van der Waals surface area contributed by atoms with Gasteiger partial charge in [-0.1, -0.05) is 138 Å². The fourth-order valence-corrected chi connectivity index (χ4v) is 5.38. The first-order chi connectivity index (χ1) is 25.1. The normalized spacial score (nSPS) is 13.8. The molecule has 0 bridgehead atoms. The number of hydrogen-bond donors (Lipinski definition) is 1. The average molecular weight is 729 g/mol. The molecule has 0 spiro atoms. The van der Waals surface area contributed by atoms with E-state index in [4.69, 9.17) is 14.2 Å². The number of carboxylic acid groups (broad SMARTS) is 1. The minimum absolute atomic E-state index is 0.0452. The van der Waals surface area contributed by atoms with Crippen LogP contribution in [0.4, 0.5) is 0 Å². The molecule has 0 fully saturated rings. The molecule has 0 heterocycles. The second-order valence-corrected chi connectivity index (χ2v) is 14.2. The zero-order valence-electron chi connectivity index (χ0n) is 33.5. The highest BCUT2D eigenvalue weighted by Gasteiger charge is 2.31. The van der Waals surface area contributed by atoms with Gasteiger partial charge in [0.15, 0.2) is 12.1 Å². The summed E-state index contributed by atoms with van der Waals surface area (Å²) in [5, 5.41) is 9.59. The van der Waals surface area contributed by atoms with Crippen molar-refractivity contribution in [3.8, 4) is 0 Å². The summed E-state index contributed by atoms with van der Waals surface area (Å²) in [6, 6.07) is -0.623. The van der Waals surface area contributed by atoms with Gasteiger partial charge in [0.2, 0.25) is 0 Å². The Hall–Kier alpha value is -3.23. The Morgan fingerprint density at radius 1 is 0.577 bits per heavy atom. The molecule has 0 aliphatic rings. The van der Waals surface area contributed by atoms with E-state index in [2.05, 4.69) is 74.6 Å². The molecule has 8 nitrogen and oxygen atoms in total. The van der Waals surface area contributed by atoms with Crippen LogP contribution in [0, 0.1) is 0 Å². The first kappa shape index (κ1) is 48.8. The van der Waals surface area contributed by atoms with Crippen LogP contribution in [0.2, 0.25) is 0 Å². The molecule has 0 amide bonds. The summed E-state index contributed by atoms with van der Waals surface area (Å²) in [6.45, 7) is 4.41. The van der Waals surface area contributed by atoms with Gasteiger partial charge in [0.1, 0.15) is 6.61 Å². The lowest BCUT2D eigenvalue weighted by Crippen LogP contribution is -2.50. The van der Waals surface area contributed by atoms with Crippen molar-refractivity contribution < 1.29 is 38.2 Å². The summed E-state index contributed by atoms with van der Waals surface area (Å²) < 4.78 is 17.2. The van der Waals surface area contributed by atoms with E-state index in [0.29, 0.717) is 19.3 Å². The number of quaternary nitrogens is 1. The number of nitrogens with zero attached hydrogens (tertiary/aromatic N) is 1. The Balaban J connectivity index is 4.46. The van der Waals surface area contributed by atoms with Crippen molar-refractivity contribution in [2.45, 2.75) is 148 Å². The molecule has 0 saturated heterocycles. The van der Waals surface area contributed by atoms with Gasteiger partial charge in [-0.05, 0) is 51.4 Å². The summed E-state index contributed by atoms with van der Waals surface area (Å²) in [6.07, 6.45) is 42.3. The maximum atomic E-state index is 12.7. The molecular weight excluding hydrogens is 654 g/mol. The number of allylic oxidation sites excluding steroid dienone is 12. The number of carbonyl (C=O) groups is 3. The Labute approximate surface area is 317 Å². The first-order valence-corrected chi connectivity index (χ1v) is 20.0. The Bertz CT molecular complexity index is 1080. The number of esters is 2. The molecule has 2 atom stereocenters. The summed E-state index contributed by atoms with van der Waals surface area (Å²) in [4.78, 5) is 36.9. The van der Waals surface area contributed by atoms with Crippen molar-refractivity contribution in [2.75, 3.05) is 41.0 Å². The molecule has 0 rings (SSSR count). The summed E-state index contributed by atoms with van der Waals surface area (Å²) in [5.74, 6) is -1.52. The van der Waals surface area contributed by atoms with Crippen LogP contribution in [-0.2, 0) is 28.6 Å². The molecular formula is C44H74NO7+. The molecule has 0 radical (unpaired) electrons. The van der Waals surface area contributed by atoms with Gasteiger partial charge in [-0.15, -0.1) is 0 Å². The summed E-state index contributed by atoms with van der Waals surface area (Å²) >= 11 is 0. The number of rotatable bonds is 34. The van der Waals surface area contributed by atoms with Crippen LogP contribution in [0.1, 0.15) is 136 Å². The third-order valence-corrected chi connectivity index (χ3v) is 8.47. The minimum atomic E-state index is -0.885. The number of carboxylic acids is 1. The monoisotopic (exact) mass is 729 g/mol. The average Bonchev–Trinajstić information content (AvgIpc) is 3.09. The van der Waals surface area contributed by atoms with Crippen molar-refractivity contribution in [1.29, 1.82) is 0 Å². The molecule has 296 valence electrons. The Morgan fingerprint density at radius 2 is 1.02 bits per heavy atom. The fourth-order valence-electron chi connectivity index (χ4n) is 5.38. The van der Waals surface area contributed by atoms with E-state index in [9.17, 15) is 19.5 Å². The van der Waals surface area contributed by atoms with E-state index in [-0.39, 0.29) is 36.2 Å². The van der Waals surface area contributed by atoms with Crippen LogP contribution in [0.5, 0.6) is 0 Å². The maximum Gasteiger partial charge on any atom is 0.362 e. The van der Waals surface area contributed by atoms with Crippen LogP contribution < -0.4 is 0 Å². The van der Waals surface area contributed by atoms with Crippen molar-refractivity contribution in [2.24, 2.45) is 0 Å². The van der Waals surface area contributed by atoms with E-state index in [1.54, 1.807) is 0 Å². The highest BCUT2D eigenvalue weighted by atomic mass is 16.6. The standard InChI is InChI=1S/C44H73NO7/c1-6-8-10-12-14-16-18-20-21-23-25-27-29-31-33-35-43(47)52-40(38-50-37-36-41(44(48)49)45(3,4)5)39-51-42(46)34-32-30-28-26-24-22-19-17-15-13-11-9-7-2/h8-19,40-41H,6-7,20-39H2,1-5H3/p+1/b10-8+,11-9+,14-12+,15-13+,18-16+,19-17+. The van der Waals surface area contributed by atoms with E-state index in [1.807, 2.05) is 33.3 Å². The predicted molar refractivity (Wildman–Crippen MR) is 215 cm³/mol. The third kappa shape index (κ3) is 32.7. The number of carbonyl (C=O) groups excluding carboxylic acids is 2. The molecule has 0 aliphatic carbocycles. The van der Waals surface area contributed by atoms with Crippen molar-refractivity contribution in [3.05, 3.63) is 72.9 Å². The molecule has 8 heteroatoms. The largest absolute Gasteiger partial charge is 0.477 e. The van der Waals surface area contributed by atoms with Crippen molar-refractivity contribution >= 4 is 17.9 Å². The molecule has 1 N–H and O–H groups in total. The molecule has 0 aliphatic heterocycles. The third-order valence-electron chi connectivity index (χ3n) is 8.47. The van der Waals surface area contributed by atoms with Crippen LogP contribution in [0.25, 0.3) is 0 Å². The number of aliphatic carboxylic acids is 1. The van der Waals surface area contributed by atoms with Crippen molar-refractivity contribution in [1.82, 2.24) is 0 Å². The zero-order chi connectivity index (χ0) is 38.5. The topological polar surface area (TPSA) is 99.1 Å². The van der Waals surface area contributed by atoms with Gasteiger partial charge in [0.05, 0.1) is 34.4 Å². The van der Waals surface area contributed by atoms with E-state index < -0.39 is 18.1 Å². The SMILES string of the molecule is CC/C=C/C=C/C=C/CCCCCCCCCC(=O)OC(COCCC(C(=O)O)[N+](C)(C)C)COC(=O)CCCCCCC/C=C/C=C/C=C/CC. The van der Waals surface area contributed by atoms with Gasteiger partial charge >= 0.3 is 17.9 Å². The van der Waals surface area contributed by atoms with E-state index in [1.165, 1.54) is 19.3 Å². The van der Waals surface area contributed by atoms with E-state index >= 15 is 0 Å². The lowest BCUT2D eigenvalue weighted by Gasteiger charge is -2.31. The smallest absolute Gasteiger partial charge is 0.362 e. The second-order valence-electron chi connectivity index (χ2n) is 14.2. The number of unbranched alkanes of at least 4 members (excludes halogenated alkanes) is 12. The number of hydrogen-bond acceptors (Lipinski definition) is 6. The van der Waals surface area contributed by atoms with Crippen LogP contribution in [0.15, 0.2) is 72.9 Å². The lowest BCUT2D eigenvalue weighted by atomic mass is 10.1. The Morgan fingerprint density at radius 3 is 1.48 bits per heavy atom. The predicted octanol–water partition coefficient (Wildman–Crippen LogP) is 10.4. The summed E-state index contributed by atoms with van der Waals surface area (Å²) in [7, 11) is 5.50.